The molecule has 17 heavy (non-hydrogen) atoms. The predicted molar refractivity (Wildman–Crippen MR) is 70.8 cm³/mol. The van der Waals surface area contributed by atoms with E-state index in [1.54, 1.807) is 6.07 Å². The summed E-state index contributed by atoms with van der Waals surface area (Å²) in [4.78, 5) is 11.0. The van der Waals surface area contributed by atoms with E-state index in [-0.39, 0.29) is 0 Å². The molecule has 0 fully saturated rings. The fourth-order valence-corrected chi connectivity index (χ4v) is 2.49. The van der Waals surface area contributed by atoms with Gasteiger partial charge in [-0.2, -0.15) is 0 Å². The number of aryl methyl sites for hydroxylation is 1. The summed E-state index contributed by atoms with van der Waals surface area (Å²) in [6, 6.07) is 3.53. The van der Waals surface area contributed by atoms with Crippen molar-refractivity contribution in [3.05, 3.63) is 27.2 Å². The molecule has 0 aliphatic rings. The number of carbonyl (C=O) groups is 1. The molecule has 0 spiro atoms. The van der Waals surface area contributed by atoms with E-state index in [0.29, 0.717) is 17.2 Å². The predicted octanol–water partition coefficient (Wildman–Crippen LogP) is 4.04. The lowest BCUT2D eigenvalue weighted by Gasteiger charge is -2.17. The first kappa shape index (κ1) is 14.3. The van der Waals surface area contributed by atoms with Gasteiger partial charge < -0.3 is 9.84 Å². The van der Waals surface area contributed by atoms with E-state index in [1.807, 2.05) is 19.9 Å². The van der Waals surface area contributed by atoms with Gasteiger partial charge in [-0.25, -0.2) is 4.79 Å². The Hall–Kier alpha value is -0.740. The standard InChI is InChI=1S/C12H14BrClO3/c1-3-4-10(12(15)16)17-11-7(2)5-8(13)6-9(11)14/h5-6,10H,3-4H2,1-2H3,(H,15,16). The van der Waals surface area contributed by atoms with Gasteiger partial charge in [0, 0.05) is 4.47 Å². The highest BCUT2D eigenvalue weighted by molar-refractivity contribution is 9.10. The van der Waals surface area contributed by atoms with Crippen molar-refractivity contribution in [2.45, 2.75) is 32.8 Å². The molecular formula is C12H14BrClO3. The smallest absolute Gasteiger partial charge is 0.344 e. The maximum Gasteiger partial charge on any atom is 0.344 e. The Bertz CT molecular complexity index is 397. The van der Waals surface area contributed by atoms with Crippen molar-refractivity contribution >= 4 is 33.5 Å². The Labute approximate surface area is 114 Å². The first-order valence-corrected chi connectivity index (χ1v) is 6.48. The highest BCUT2D eigenvalue weighted by atomic mass is 79.9. The Morgan fingerprint density at radius 2 is 2.24 bits per heavy atom. The second-order valence-corrected chi connectivity index (χ2v) is 5.09. The first-order chi connectivity index (χ1) is 7.95. The Morgan fingerprint density at radius 3 is 2.71 bits per heavy atom. The molecule has 1 unspecified atom stereocenters. The molecule has 1 aromatic carbocycles. The maximum atomic E-state index is 11.0. The van der Waals surface area contributed by atoms with E-state index in [1.165, 1.54) is 0 Å². The summed E-state index contributed by atoms with van der Waals surface area (Å²) in [5, 5.41) is 9.44. The minimum atomic E-state index is -0.967. The Kier molecular flexibility index (Phi) is 5.28. The second-order valence-electron chi connectivity index (χ2n) is 3.77. The summed E-state index contributed by atoms with van der Waals surface area (Å²) in [7, 11) is 0. The first-order valence-electron chi connectivity index (χ1n) is 5.30. The number of hydrogen-bond donors (Lipinski definition) is 1. The molecule has 0 bridgehead atoms. The van der Waals surface area contributed by atoms with Crippen LogP contribution in [0, 0.1) is 6.92 Å². The summed E-state index contributed by atoms with van der Waals surface area (Å²) in [6.45, 7) is 3.74. The molecule has 0 aromatic heterocycles. The molecule has 0 aliphatic carbocycles. The largest absolute Gasteiger partial charge is 0.479 e. The van der Waals surface area contributed by atoms with E-state index in [4.69, 9.17) is 21.4 Å². The van der Waals surface area contributed by atoms with Gasteiger partial charge in [0.1, 0.15) is 5.75 Å². The highest BCUT2D eigenvalue weighted by Gasteiger charge is 2.20. The lowest BCUT2D eigenvalue weighted by Crippen LogP contribution is -2.27. The number of aliphatic carboxylic acids is 1. The molecular weight excluding hydrogens is 307 g/mol. The van der Waals surface area contributed by atoms with Crippen LogP contribution in [0.1, 0.15) is 25.3 Å². The third-order valence-electron chi connectivity index (χ3n) is 2.28. The van der Waals surface area contributed by atoms with E-state index in [9.17, 15) is 4.79 Å². The zero-order valence-electron chi connectivity index (χ0n) is 9.67. The molecule has 0 heterocycles. The molecule has 0 radical (unpaired) electrons. The van der Waals surface area contributed by atoms with Gasteiger partial charge in [-0.3, -0.25) is 0 Å². The van der Waals surface area contributed by atoms with Crippen molar-refractivity contribution in [1.29, 1.82) is 0 Å². The van der Waals surface area contributed by atoms with Crippen LogP contribution in [0.15, 0.2) is 16.6 Å². The third-order valence-corrected chi connectivity index (χ3v) is 3.02. The molecule has 0 saturated heterocycles. The number of rotatable bonds is 5. The van der Waals surface area contributed by atoms with Crippen LogP contribution in [0.2, 0.25) is 5.02 Å². The molecule has 3 nitrogen and oxygen atoms in total. The van der Waals surface area contributed by atoms with Crippen LogP contribution in [0.5, 0.6) is 5.75 Å². The Balaban J connectivity index is 2.97. The van der Waals surface area contributed by atoms with Gasteiger partial charge in [-0.1, -0.05) is 40.9 Å². The zero-order chi connectivity index (χ0) is 13.0. The normalized spacial score (nSPS) is 12.2. The summed E-state index contributed by atoms with van der Waals surface area (Å²) in [6.07, 6.45) is 0.350. The fraction of sp³-hybridized carbons (Fsp3) is 0.417. The summed E-state index contributed by atoms with van der Waals surface area (Å²) >= 11 is 9.35. The van der Waals surface area contributed by atoms with Crippen LogP contribution >= 0.6 is 27.5 Å². The number of carboxylic acid groups (broad SMARTS) is 1. The zero-order valence-corrected chi connectivity index (χ0v) is 12.0. The van der Waals surface area contributed by atoms with E-state index in [2.05, 4.69) is 15.9 Å². The minimum absolute atomic E-state index is 0.416. The van der Waals surface area contributed by atoms with Crippen LogP contribution in [0.4, 0.5) is 0 Å². The van der Waals surface area contributed by atoms with Crippen LogP contribution in [0.25, 0.3) is 0 Å². The summed E-state index contributed by atoms with van der Waals surface area (Å²) in [5.41, 5.74) is 0.812. The summed E-state index contributed by atoms with van der Waals surface area (Å²) in [5.74, 6) is -0.527. The van der Waals surface area contributed by atoms with E-state index in [0.717, 1.165) is 16.5 Å². The van der Waals surface area contributed by atoms with Crippen molar-refractivity contribution in [2.24, 2.45) is 0 Å². The van der Waals surface area contributed by atoms with Gasteiger partial charge in [0.25, 0.3) is 0 Å². The van der Waals surface area contributed by atoms with Crippen molar-refractivity contribution in [3.8, 4) is 5.75 Å². The van der Waals surface area contributed by atoms with Crippen LogP contribution < -0.4 is 4.74 Å². The highest BCUT2D eigenvalue weighted by Crippen LogP contribution is 2.33. The van der Waals surface area contributed by atoms with Crippen LogP contribution in [0.3, 0.4) is 0 Å². The van der Waals surface area contributed by atoms with Crippen molar-refractivity contribution in [2.75, 3.05) is 0 Å². The second kappa shape index (κ2) is 6.26. The van der Waals surface area contributed by atoms with Gasteiger partial charge in [-0.15, -0.1) is 0 Å². The molecule has 94 valence electrons. The molecule has 1 aromatic rings. The molecule has 0 amide bonds. The van der Waals surface area contributed by atoms with Gasteiger partial charge in [-0.05, 0) is 31.0 Å². The molecule has 1 rings (SSSR count). The molecule has 1 N–H and O–H groups in total. The van der Waals surface area contributed by atoms with Gasteiger partial charge in [0.05, 0.1) is 5.02 Å². The van der Waals surface area contributed by atoms with Gasteiger partial charge in [0.2, 0.25) is 0 Å². The molecule has 0 saturated carbocycles. The number of benzene rings is 1. The average Bonchev–Trinajstić information content (AvgIpc) is 2.21. The Morgan fingerprint density at radius 1 is 1.59 bits per heavy atom. The van der Waals surface area contributed by atoms with E-state index < -0.39 is 12.1 Å². The van der Waals surface area contributed by atoms with Crippen LogP contribution in [-0.2, 0) is 4.79 Å². The lowest BCUT2D eigenvalue weighted by atomic mass is 10.2. The number of ether oxygens (including phenoxy) is 1. The van der Waals surface area contributed by atoms with E-state index >= 15 is 0 Å². The topological polar surface area (TPSA) is 46.5 Å². The minimum Gasteiger partial charge on any atom is -0.479 e. The van der Waals surface area contributed by atoms with Crippen molar-refractivity contribution < 1.29 is 14.6 Å². The van der Waals surface area contributed by atoms with Gasteiger partial charge in [0.15, 0.2) is 6.10 Å². The quantitative estimate of drug-likeness (QED) is 0.890. The fourth-order valence-electron chi connectivity index (χ4n) is 1.48. The van der Waals surface area contributed by atoms with Gasteiger partial charge >= 0.3 is 5.97 Å². The molecule has 0 aliphatic heterocycles. The maximum absolute atomic E-state index is 11.0. The molecule has 1 atom stereocenters. The average molecular weight is 322 g/mol. The third kappa shape index (κ3) is 3.89. The number of halogens is 2. The number of carboxylic acids is 1. The SMILES string of the molecule is CCCC(Oc1c(C)cc(Br)cc1Cl)C(=O)O. The number of hydrogen-bond acceptors (Lipinski definition) is 2. The molecule has 5 heteroatoms. The monoisotopic (exact) mass is 320 g/mol. The van der Waals surface area contributed by atoms with Crippen molar-refractivity contribution in [1.82, 2.24) is 0 Å². The van der Waals surface area contributed by atoms with Crippen LogP contribution in [-0.4, -0.2) is 17.2 Å². The lowest BCUT2D eigenvalue weighted by molar-refractivity contribution is -0.145. The van der Waals surface area contributed by atoms with Crippen molar-refractivity contribution in [3.63, 3.8) is 0 Å². The summed E-state index contributed by atoms with van der Waals surface area (Å²) < 4.78 is 6.32.